The van der Waals surface area contributed by atoms with Crippen LogP contribution in [-0.2, 0) is 0 Å². The van der Waals surface area contributed by atoms with Crippen LogP contribution in [0.1, 0.15) is 42.1 Å². The summed E-state index contributed by atoms with van der Waals surface area (Å²) >= 11 is 0. The lowest BCUT2D eigenvalue weighted by molar-refractivity contribution is 0.0699. The lowest BCUT2D eigenvalue weighted by Crippen LogP contribution is -2.12. The van der Waals surface area contributed by atoms with E-state index < -0.39 is 5.97 Å². The SMILES string of the molecule is O=C(O)c1cccc2c1ncn2C(C1CC1)C1CC1. The first-order chi connectivity index (χ1) is 9.25. The average molecular weight is 256 g/mol. The van der Waals surface area contributed by atoms with Crippen LogP contribution < -0.4 is 0 Å². The molecule has 0 bridgehead atoms. The first-order valence-electron chi connectivity index (χ1n) is 6.94. The van der Waals surface area contributed by atoms with Crippen LogP contribution in [0, 0.1) is 11.8 Å². The van der Waals surface area contributed by atoms with E-state index in [0.29, 0.717) is 17.1 Å². The molecule has 0 unspecified atom stereocenters. The van der Waals surface area contributed by atoms with Gasteiger partial charge in [0.1, 0.15) is 5.52 Å². The van der Waals surface area contributed by atoms with Gasteiger partial charge in [-0.05, 0) is 49.7 Å². The van der Waals surface area contributed by atoms with E-state index in [-0.39, 0.29) is 0 Å². The number of fused-ring (bicyclic) bond motifs is 1. The minimum Gasteiger partial charge on any atom is -0.478 e. The highest BCUT2D eigenvalue weighted by atomic mass is 16.4. The number of benzene rings is 1. The summed E-state index contributed by atoms with van der Waals surface area (Å²) in [7, 11) is 0. The Bertz CT molecular complexity index is 641. The molecule has 4 nitrogen and oxygen atoms in total. The fourth-order valence-corrected chi connectivity index (χ4v) is 3.18. The molecule has 2 aliphatic rings. The van der Waals surface area contributed by atoms with Crippen molar-refractivity contribution in [1.29, 1.82) is 0 Å². The third-order valence-corrected chi connectivity index (χ3v) is 4.37. The molecule has 0 spiro atoms. The van der Waals surface area contributed by atoms with Gasteiger partial charge in [0, 0.05) is 6.04 Å². The van der Waals surface area contributed by atoms with E-state index in [1.807, 2.05) is 18.5 Å². The molecule has 98 valence electrons. The summed E-state index contributed by atoms with van der Waals surface area (Å²) in [6.07, 6.45) is 7.07. The summed E-state index contributed by atoms with van der Waals surface area (Å²) in [5.41, 5.74) is 1.91. The first-order valence-corrected chi connectivity index (χ1v) is 6.94. The lowest BCUT2D eigenvalue weighted by Gasteiger charge is -2.18. The molecule has 2 aliphatic carbocycles. The second kappa shape index (κ2) is 3.83. The molecule has 0 aliphatic heterocycles. The number of hydrogen-bond donors (Lipinski definition) is 1. The van der Waals surface area contributed by atoms with E-state index in [9.17, 15) is 9.90 Å². The van der Waals surface area contributed by atoms with Gasteiger partial charge in [0.05, 0.1) is 17.4 Å². The number of carbonyl (C=O) groups is 1. The molecule has 2 saturated carbocycles. The smallest absolute Gasteiger partial charge is 0.337 e. The molecule has 1 aromatic heterocycles. The normalized spacial score (nSPS) is 19.2. The number of imidazole rings is 1. The van der Waals surface area contributed by atoms with Crippen LogP contribution in [0.3, 0.4) is 0 Å². The van der Waals surface area contributed by atoms with Gasteiger partial charge in [-0.3, -0.25) is 0 Å². The fraction of sp³-hybridized carbons (Fsp3) is 0.467. The minimum absolute atomic E-state index is 0.307. The molecule has 4 rings (SSSR count). The molecule has 2 fully saturated rings. The predicted molar refractivity (Wildman–Crippen MR) is 71.2 cm³/mol. The zero-order chi connectivity index (χ0) is 13.0. The molecule has 2 aromatic rings. The van der Waals surface area contributed by atoms with E-state index in [4.69, 9.17) is 0 Å². The summed E-state index contributed by atoms with van der Waals surface area (Å²) in [6.45, 7) is 0. The van der Waals surface area contributed by atoms with Crippen molar-refractivity contribution in [1.82, 2.24) is 9.55 Å². The van der Waals surface area contributed by atoms with Crippen molar-refractivity contribution in [3.8, 4) is 0 Å². The molecule has 0 radical (unpaired) electrons. The van der Waals surface area contributed by atoms with E-state index in [0.717, 1.165) is 17.4 Å². The second-order valence-electron chi connectivity index (χ2n) is 5.80. The molecule has 19 heavy (non-hydrogen) atoms. The largest absolute Gasteiger partial charge is 0.478 e. The summed E-state index contributed by atoms with van der Waals surface area (Å²) in [6, 6.07) is 5.98. The number of aromatic carboxylic acids is 1. The third kappa shape index (κ3) is 1.74. The number of aromatic nitrogens is 2. The van der Waals surface area contributed by atoms with Gasteiger partial charge in [-0.2, -0.15) is 0 Å². The summed E-state index contributed by atoms with van der Waals surface area (Å²) < 4.78 is 2.23. The number of para-hydroxylation sites is 1. The number of rotatable bonds is 4. The van der Waals surface area contributed by atoms with Crippen molar-refractivity contribution in [3.05, 3.63) is 30.1 Å². The molecule has 1 heterocycles. The van der Waals surface area contributed by atoms with E-state index in [1.54, 1.807) is 6.07 Å². The Hall–Kier alpha value is -1.84. The summed E-state index contributed by atoms with van der Waals surface area (Å²) in [4.78, 5) is 15.6. The van der Waals surface area contributed by atoms with Crippen LogP contribution in [-0.4, -0.2) is 20.6 Å². The monoisotopic (exact) mass is 256 g/mol. The molecule has 0 atom stereocenters. The third-order valence-electron chi connectivity index (χ3n) is 4.37. The highest BCUT2D eigenvalue weighted by molar-refractivity contribution is 6.00. The van der Waals surface area contributed by atoms with Crippen LogP contribution >= 0.6 is 0 Å². The van der Waals surface area contributed by atoms with Gasteiger partial charge < -0.3 is 9.67 Å². The van der Waals surface area contributed by atoms with Crippen molar-refractivity contribution in [2.45, 2.75) is 31.7 Å². The highest BCUT2D eigenvalue weighted by Gasteiger charge is 2.43. The number of carboxylic acids is 1. The number of nitrogens with zero attached hydrogens (tertiary/aromatic N) is 2. The van der Waals surface area contributed by atoms with Gasteiger partial charge in [-0.15, -0.1) is 0 Å². The topological polar surface area (TPSA) is 55.1 Å². The molecule has 1 N–H and O–H groups in total. The number of hydrogen-bond acceptors (Lipinski definition) is 2. The van der Waals surface area contributed by atoms with Crippen molar-refractivity contribution in [3.63, 3.8) is 0 Å². The Kier molecular flexibility index (Phi) is 2.22. The highest BCUT2D eigenvalue weighted by Crippen LogP contribution is 2.52. The molecule has 0 amide bonds. The maximum Gasteiger partial charge on any atom is 0.337 e. The second-order valence-corrected chi connectivity index (χ2v) is 5.80. The van der Waals surface area contributed by atoms with Gasteiger partial charge in [0.2, 0.25) is 0 Å². The van der Waals surface area contributed by atoms with Gasteiger partial charge >= 0.3 is 5.97 Å². The lowest BCUT2D eigenvalue weighted by atomic mass is 10.1. The Morgan fingerprint density at radius 3 is 2.53 bits per heavy atom. The van der Waals surface area contributed by atoms with E-state index >= 15 is 0 Å². The summed E-state index contributed by atoms with van der Waals surface area (Å²) in [5, 5.41) is 9.22. The maximum atomic E-state index is 11.2. The van der Waals surface area contributed by atoms with Crippen molar-refractivity contribution < 1.29 is 9.90 Å². The molecule has 4 heteroatoms. The van der Waals surface area contributed by atoms with Crippen LogP contribution in [0.2, 0.25) is 0 Å². The Balaban J connectivity index is 1.86. The zero-order valence-corrected chi connectivity index (χ0v) is 10.6. The fourth-order valence-electron chi connectivity index (χ4n) is 3.18. The molecular weight excluding hydrogens is 240 g/mol. The molecule has 1 aromatic carbocycles. The van der Waals surface area contributed by atoms with Gasteiger partial charge in [-0.1, -0.05) is 6.07 Å². The van der Waals surface area contributed by atoms with Crippen LogP contribution in [0.25, 0.3) is 11.0 Å². The molecular formula is C15H16N2O2. The first kappa shape index (κ1) is 11.0. The van der Waals surface area contributed by atoms with Crippen molar-refractivity contribution in [2.75, 3.05) is 0 Å². The maximum absolute atomic E-state index is 11.2. The van der Waals surface area contributed by atoms with Gasteiger partial charge in [0.25, 0.3) is 0 Å². The predicted octanol–water partition coefficient (Wildman–Crippen LogP) is 3.10. The Morgan fingerprint density at radius 1 is 1.26 bits per heavy atom. The van der Waals surface area contributed by atoms with E-state index in [2.05, 4.69) is 9.55 Å². The van der Waals surface area contributed by atoms with Gasteiger partial charge in [-0.25, -0.2) is 9.78 Å². The number of carboxylic acid groups (broad SMARTS) is 1. The minimum atomic E-state index is -0.898. The average Bonchev–Trinajstić information content (AvgIpc) is 3.29. The Labute approximate surface area is 111 Å². The standard InChI is InChI=1S/C15H16N2O2/c18-15(19)11-2-1-3-12-13(11)16-8-17(12)14(9-4-5-9)10-6-7-10/h1-3,8-10,14H,4-7H2,(H,18,19). The van der Waals surface area contributed by atoms with Crippen LogP contribution in [0.5, 0.6) is 0 Å². The van der Waals surface area contributed by atoms with Gasteiger partial charge in [0.15, 0.2) is 0 Å². The summed E-state index contributed by atoms with van der Waals surface area (Å²) in [5.74, 6) is 0.655. The van der Waals surface area contributed by atoms with E-state index in [1.165, 1.54) is 25.7 Å². The Morgan fingerprint density at radius 2 is 1.95 bits per heavy atom. The van der Waals surface area contributed by atoms with Crippen LogP contribution in [0.4, 0.5) is 0 Å². The van der Waals surface area contributed by atoms with Crippen molar-refractivity contribution >= 4 is 17.0 Å². The molecule has 0 saturated heterocycles. The zero-order valence-electron chi connectivity index (χ0n) is 10.6. The quantitative estimate of drug-likeness (QED) is 0.914. The van der Waals surface area contributed by atoms with Crippen molar-refractivity contribution in [2.24, 2.45) is 11.8 Å². The van der Waals surface area contributed by atoms with Crippen LogP contribution in [0.15, 0.2) is 24.5 Å².